The Labute approximate surface area is 143 Å². The molecule has 0 saturated carbocycles. The van der Waals surface area contributed by atoms with Crippen molar-refractivity contribution in [3.05, 3.63) is 47.2 Å². The second-order valence-corrected chi connectivity index (χ2v) is 5.86. The van der Waals surface area contributed by atoms with Crippen molar-refractivity contribution >= 4 is 23.7 Å². The summed E-state index contributed by atoms with van der Waals surface area (Å²) < 4.78 is 0. The summed E-state index contributed by atoms with van der Waals surface area (Å²) in [5.74, 6) is -2.20. The van der Waals surface area contributed by atoms with Gasteiger partial charge in [-0.05, 0) is 12.1 Å². The van der Waals surface area contributed by atoms with E-state index >= 15 is 0 Å². The fraction of sp³-hybridized carbons (Fsp3) is 0.294. The summed E-state index contributed by atoms with van der Waals surface area (Å²) in [6.45, 7) is 1.49. The SMILES string of the molecule is CN1C(=O)C=C(N2CCN(C(=O)c3ccccc3C(=O)O)CC2)C1=O. The molecule has 0 aliphatic carbocycles. The zero-order valence-electron chi connectivity index (χ0n) is 13.6. The number of carbonyl (C=O) groups excluding carboxylic acids is 3. The maximum atomic E-state index is 12.6. The first-order chi connectivity index (χ1) is 11.9. The molecule has 1 aromatic rings. The fourth-order valence-electron chi connectivity index (χ4n) is 2.95. The van der Waals surface area contributed by atoms with Crippen LogP contribution >= 0.6 is 0 Å². The molecular weight excluding hydrogens is 326 g/mol. The Balaban J connectivity index is 1.70. The van der Waals surface area contributed by atoms with Crippen LogP contribution in [0, 0.1) is 0 Å². The van der Waals surface area contributed by atoms with E-state index in [4.69, 9.17) is 0 Å². The number of rotatable bonds is 3. The van der Waals surface area contributed by atoms with Crippen molar-refractivity contribution in [1.29, 1.82) is 0 Å². The number of carboxylic acid groups (broad SMARTS) is 1. The number of benzene rings is 1. The molecule has 0 radical (unpaired) electrons. The Morgan fingerprint density at radius 2 is 1.60 bits per heavy atom. The predicted molar refractivity (Wildman–Crippen MR) is 86.7 cm³/mol. The van der Waals surface area contributed by atoms with E-state index < -0.39 is 5.97 Å². The zero-order chi connectivity index (χ0) is 18.1. The standard InChI is InChI=1S/C17H17N3O5/c1-18-14(21)10-13(16(18)23)19-6-8-20(9-7-19)15(22)11-4-2-3-5-12(11)17(24)25/h2-5,10H,6-9H2,1H3,(H,24,25). The van der Waals surface area contributed by atoms with E-state index in [9.17, 15) is 24.3 Å². The Kier molecular flexibility index (Phi) is 4.26. The Hall–Kier alpha value is -3.16. The number of hydrogen-bond acceptors (Lipinski definition) is 5. The lowest BCUT2D eigenvalue weighted by molar-refractivity contribution is -0.136. The van der Waals surface area contributed by atoms with E-state index in [1.54, 1.807) is 21.9 Å². The van der Waals surface area contributed by atoms with Gasteiger partial charge in [0.1, 0.15) is 5.70 Å². The smallest absolute Gasteiger partial charge is 0.336 e. The first kappa shape index (κ1) is 16.7. The lowest BCUT2D eigenvalue weighted by Gasteiger charge is -2.36. The van der Waals surface area contributed by atoms with Gasteiger partial charge < -0.3 is 14.9 Å². The van der Waals surface area contributed by atoms with Crippen molar-refractivity contribution in [3.8, 4) is 0 Å². The minimum atomic E-state index is -1.15. The molecule has 2 aliphatic heterocycles. The second-order valence-electron chi connectivity index (χ2n) is 5.86. The van der Waals surface area contributed by atoms with Crippen LogP contribution in [-0.4, -0.2) is 76.7 Å². The number of aromatic carboxylic acids is 1. The molecule has 1 fully saturated rings. The number of hydrogen-bond donors (Lipinski definition) is 1. The van der Waals surface area contributed by atoms with Crippen molar-refractivity contribution in [2.24, 2.45) is 0 Å². The molecule has 0 spiro atoms. The largest absolute Gasteiger partial charge is 0.478 e. The van der Waals surface area contributed by atoms with Crippen molar-refractivity contribution in [2.45, 2.75) is 0 Å². The molecule has 2 heterocycles. The maximum absolute atomic E-state index is 12.6. The first-order valence-corrected chi connectivity index (χ1v) is 7.80. The molecule has 2 aliphatic rings. The Morgan fingerprint density at radius 3 is 2.12 bits per heavy atom. The summed E-state index contributed by atoms with van der Waals surface area (Å²) in [6, 6.07) is 6.09. The van der Waals surface area contributed by atoms with Crippen LogP contribution in [0.4, 0.5) is 0 Å². The molecule has 1 aromatic carbocycles. The molecular formula is C17H17N3O5. The molecule has 8 heteroatoms. The third kappa shape index (κ3) is 2.98. The summed E-state index contributed by atoms with van der Waals surface area (Å²) in [4.78, 5) is 51.9. The van der Waals surface area contributed by atoms with Crippen molar-refractivity contribution in [2.75, 3.05) is 33.2 Å². The van der Waals surface area contributed by atoms with Gasteiger partial charge in [-0.25, -0.2) is 4.79 Å². The van der Waals surface area contributed by atoms with E-state index in [1.807, 2.05) is 0 Å². The number of amides is 3. The Bertz CT molecular complexity index is 793. The highest BCUT2D eigenvalue weighted by atomic mass is 16.4. The molecule has 0 aromatic heterocycles. The molecule has 25 heavy (non-hydrogen) atoms. The van der Waals surface area contributed by atoms with Crippen LogP contribution in [0.5, 0.6) is 0 Å². The normalized spacial score (nSPS) is 17.8. The number of carboxylic acids is 1. The van der Waals surface area contributed by atoms with Gasteiger partial charge in [0.2, 0.25) is 0 Å². The van der Waals surface area contributed by atoms with E-state index in [-0.39, 0.29) is 28.8 Å². The molecule has 0 unspecified atom stereocenters. The van der Waals surface area contributed by atoms with Gasteiger partial charge in [0.05, 0.1) is 11.1 Å². The number of imide groups is 1. The minimum absolute atomic E-state index is 0.0316. The third-order valence-corrected chi connectivity index (χ3v) is 4.41. The van der Waals surface area contributed by atoms with Gasteiger partial charge >= 0.3 is 5.97 Å². The molecule has 0 atom stereocenters. The van der Waals surface area contributed by atoms with E-state index in [0.717, 1.165) is 4.90 Å². The highest BCUT2D eigenvalue weighted by molar-refractivity contribution is 6.15. The minimum Gasteiger partial charge on any atom is -0.478 e. The average molecular weight is 343 g/mol. The van der Waals surface area contributed by atoms with E-state index in [0.29, 0.717) is 31.9 Å². The molecule has 1 saturated heterocycles. The van der Waals surface area contributed by atoms with Crippen LogP contribution < -0.4 is 0 Å². The van der Waals surface area contributed by atoms with Gasteiger partial charge in [0.15, 0.2) is 0 Å². The maximum Gasteiger partial charge on any atom is 0.336 e. The highest BCUT2D eigenvalue weighted by Crippen LogP contribution is 2.19. The summed E-state index contributed by atoms with van der Waals surface area (Å²) in [5, 5.41) is 9.22. The van der Waals surface area contributed by atoms with Crippen LogP contribution in [0.15, 0.2) is 36.0 Å². The second kappa shape index (κ2) is 6.39. The molecule has 8 nitrogen and oxygen atoms in total. The third-order valence-electron chi connectivity index (χ3n) is 4.41. The van der Waals surface area contributed by atoms with Crippen LogP contribution in [0.1, 0.15) is 20.7 Å². The molecule has 3 amide bonds. The van der Waals surface area contributed by atoms with Gasteiger partial charge in [-0.1, -0.05) is 12.1 Å². The fourth-order valence-corrected chi connectivity index (χ4v) is 2.95. The van der Waals surface area contributed by atoms with Gasteiger partial charge in [-0.2, -0.15) is 0 Å². The number of likely N-dealkylation sites (N-methyl/N-ethyl adjacent to an activating group) is 1. The van der Waals surface area contributed by atoms with E-state index in [1.165, 1.54) is 25.3 Å². The van der Waals surface area contributed by atoms with Gasteiger partial charge in [-0.3, -0.25) is 19.3 Å². The van der Waals surface area contributed by atoms with Gasteiger partial charge in [-0.15, -0.1) is 0 Å². The van der Waals surface area contributed by atoms with Crippen LogP contribution in [0.2, 0.25) is 0 Å². The van der Waals surface area contributed by atoms with Crippen molar-refractivity contribution in [3.63, 3.8) is 0 Å². The van der Waals surface area contributed by atoms with Crippen molar-refractivity contribution in [1.82, 2.24) is 14.7 Å². The van der Waals surface area contributed by atoms with Crippen LogP contribution in [0.25, 0.3) is 0 Å². The summed E-state index contributed by atoms with van der Waals surface area (Å²) in [5.41, 5.74) is 0.455. The topological polar surface area (TPSA) is 98.2 Å². The first-order valence-electron chi connectivity index (χ1n) is 7.80. The number of carbonyl (C=O) groups is 4. The summed E-state index contributed by atoms with van der Waals surface area (Å²) in [6.07, 6.45) is 1.31. The zero-order valence-corrected chi connectivity index (χ0v) is 13.6. The summed E-state index contributed by atoms with van der Waals surface area (Å²) in [7, 11) is 1.43. The highest BCUT2D eigenvalue weighted by Gasteiger charge is 2.34. The molecule has 130 valence electrons. The van der Waals surface area contributed by atoms with Gasteiger partial charge in [0.25, 0.3) is 17.7 Å². The monoisotopic (exact) mass is 343 g/mol. The average Bonchev–Trinajstić information content (AvgIpc) is 2.88. The van der Waals surface area contributed by atoms with E-state index in [2.05, 4.69) is 0 Å². The van der Waals surface area contributed by atoms with Crippen molar-refractivity contribution < 1.29 is 24.3 Å². The molecule has 1 N–H and O–H groups in total. The molecule has 0 bridgehead atoms. The van der Waals surface area contributed by atoms with Crippen LogP contribution in [-0.2, 0) is 9.59 Å². The number of piperazine rings is 1. The lowest BCUT2D eigenvalue weighted by Crippen LogP contribution is -2.49. The Morgan fingerprint density at radius 1 is 1.00 bits per heavy atom. The predicted octanol–water partition coefficient (Wildman–Crippen LogP) is 0.0251. The summed E-state index contributed by atoms with van der Waals surface area (Å²) >= 11 is 0. The lowest BCUT2D eigenvalue weighted by atomic mass is 10.1. The number of nitrogens with zero attached hydrogens (tertiary/aromatic N) is 3. The van der Waals surface area contributed by atoms with Gasteiger partial charge in [0, 0.05) is 39.3 Å². The quantitative estimate of drug-likeness (QED) is 0.777. The van der Waals surface area contributed by atoms with Crippen LogP contribution in [0.3, 0.4) is 0 Å². The molecule has 3 rings (SSSR count).